The number of carbonyl (C=O) groups is 1. The van der Waals surface area contributed by atoms with E-state index in [1.54, 1.807) is 4.31 Å². The van der Waals surface area contributed by atoms with Gasteiger partial charge < -0.3 is 5.32 Å². The lowest BCUT2D eigenvalue weighted by Gasteiger charge is -2.13. The fraction of sp³-hybridized carbons (Fsp3) is 0.250. The molecular formula is C20H22N2O2S. The summed E-state index contributed by atoms with van der Waals surface area (Å²) in [6, 6.07) is 16.0. The summed E-state index contributed by atoms with van der Waals surface area (Å²) in [7, 11) is -1.17. The van der Waals surface area contributed by atoms with Gasteiger partial charge in [-0.15, -0.1) is 0 Å². The Morgan fingerprint density at radius 3 is 2.28 bits per heavy atom. The van der Waals surface area contributed by atoms with Crippen molar-refractivity contribution in [3.8, 4) is 0 Å². The van der Waals surface area contributed by atoms with Crippen LogP contribution in [0.25, 0.3) is 0 Å². The molecule has 0 spiro atoms. The molecule has 1 unspecified atom stereocenters. The van der Waals surface area contributed by atoms with Gasteiger partial charge in [-0.05, 0) is 43.5 Å². The summed E-state index contributed by atoms with van der Waals surface area (Å²) in [5.41, 5.74) is 5.40. The molecule has 1 aliphatic rings. The van der Waals surface area contributed by atoms with Crippen molar-refractivity contribution < 1.29 is 9.00 Å². The second-order valence-electron chi connectivity index (χ2n) is 6.40. The molecule has 1 atom stereocenters. The van der Waals surface area contributed by atoms with Crippen LogP contribution in [0.3, 0.4) is 0 Å². The van der Waals surface area contributed by atoms with Gasteiger partial charge in [0.15, 0.2) is 0 Å². The highest BCUT2D eigenvalue weighted by Crippen LogP contribution is 2.19. The lowest BCUT2D eigenvalue weighted by molar-refractivity contribution is -0.116. The normalized spacial score (nSPS) is 16.6. The number of hydrogen-bond donors (Lipinski definition) is 1. The van der Waals surface area contributed by atoms with Gasteiger partial charge >= 0.3 is 0 Å². The summed E-state index contributed by atoms with van der Waals surface area (Å²) in [5, 5.41) is 2.84. The number of amides is 1. The number of rotatable bonds is 5. The first kappa shape index (κ1) is 17.4. The summed E-state index contributed by atoms with van der Waals surface area (Å²) in [5.74, 6) is 0.330. The van der Waals surface area contributed by atoms with Crippen LogP contribution in [0, 0.1) is 13.8 Å². The molecule has 1 aliphatic heterocycles. The van der Waals surface area contributed by atoms with Crippen LogP contribution in [0.5, 0.6) is 0 Å². The van der Waals surface area contributed by atoms with Crippen LogP contribution in [0.15, 0.2) is 60.3 Å². The summed E-state index contributed by atoms with van der Waals surface area (Å²) >= 11 is 0. The average Bonchev–Trinajstić information content (AvgIpc) is 2.91. The van der Waals surface area contributed by atoms with E-state index in [2.05, 4.69) is 36.5 Å². The minimum absolute atomic E-state index is 0.0951. The molecule has 2 aromatic rings. The molecule has 0 aliphatic carbocycles. The van der Waals surface area contributed by atoms with Crippen molar-refractivity contribution in [2.45, 2.75) is 20.3 Å². The Balaban J connectivity index is 1.59. The highest BCUT2D eigenvalue weighted by atomic mass is 32.2. The molecule has 1 heterocycles. The van der Waals surface area contributed by atoms with Gasteiger partial charge in [-0.2, -0.15) is 0 Å². The van der Waals surface area contributed by atoms with Gasteiger partial charge in [0.25, 0.3) is 0 Å². The number of aryl methyl sites for hydroxylation is 2. The molecule has 1 amide bonds. The van der Waals surface area contributed by atoms with Crippen molar-refractivity contribution >= 4 is 22.6 Å². The fourth-order valence-corrected chi connectivity index (χ4v) is 3.89. The number of anilines is 1. The molecule has 25 heavy (non-hydrogen) atoms. The van der Waals surface area contributed by atoms with Gasteiger partial charge in [0.05, 0.1) is 5.75 Å². The molecule has 3 rings (SSSR count). The maximum absolute atomic E-state index is 12.3. The molecule has 5 heteroatoms. The minimum Gasteiger partial charge on any atom is -0.325 e. The second kappa shape index (κ2) is 7.66. The average molecular weight is 354 g/mol. The van der Waals surface area contributed by atoms with Crippen molar-refractivity contribution in [3.63, 3.8) is 0 Å². The van der Waals surface area contributed by atoms with Crippen LogP contribution in [0.2, 0.25) is 0 Å². The van der Waals surface area contributed by atoms with Gasteiger partial charge in [-0.25, -0.2) is 4.21 Å². The van der Waals surface area contributed by atoms with Crippen molar-refractivity contribution in [1.29, 1.82) is 0 Å². The lowest BCUT2D eigenvalue weighted by atomic mass is 10.1. The molecule has 0 saturated heterocycles. The van der Waals surface area contributed by atoms with Crippen LogP contribution < -0.4 is 5.32 Å². The maximum atomic E-state index is 12.3. The third-order valence-corrected chi connectivity index (χ3v) is 5.46. The largest absolute Gasteiger partial charge is 0.325 e. The molecule has 0 fully saturated rings. The first-order valence-electron chi connectivity index (χ1n) is 8.26. The highest BCUT2D eigenvalue weighted by molar-refractivity contribution is 7.83. The van der Waals surface area contributed by atoms with Crippen molar-refractivity contribution in [2.75, 3.05) is 17.6 Å². The van der Waals surface area contributed by atoms with Crippen molar-refractivity contribution in [2.24, 2.45) is 0 Å². The molecule has 4 nitrogen and oxygen atoms in total. The Morgan fingerprint density at radius 1 is 1.04 bits per heavy atom. The first-order valence-corrected chi connectivity index (χ1v) is 9.54. The molecule has 0 radical (unpaired) electrons. The van der Waals surface area contributed by atoms with E-state index >= 15 is 0 Å². The van der Waals surface area contributed by atoms with E-state index in [-0.39, 0.29) is 12.5 Å². The van der Waals surface area contributed by atoms with Crippen LogP contribution in [0.1, 0.15) is 16.7 Å². The van der Waals surface area contributed by atoms with Gasteiger partial charge in [0.1, 0.15) is 17.5 Å². The second-order valence-corrected chi connectivity index (χ2v) is 7.81. The first-order chi connectivity index (χ1) is 12.0. The van der Waals surface area contributed by atoms with E-state index < -0.39 is 11.0 Å². The van der Waals surface area contributed by atoms with Crippen LogP contribution >= 0.6 is 0 Å². The zero-order chi connectivity index (χ0) is 17.8. The van der Waals surface area contributed by atoms with Gasteiger partial charge in [-0.1, -0.05) is 47.5 Å². The predicted octanol–water partition coefficient (Wildman–Crippen LogP) is 3.35. The van der Waals surface area contributed by atoms with E-state index in [9.17, 15) is 9.00 Å². The molecule has 0 saturated carbocycles. The van der Waals surface area contributed by atoms with E-state index in [0.29, 0.717) is 5.75 Å². The van der Waals surface area contributed by atoms with E-state index in [1.165, 1.54) is 11.1 Å². The van der Waals surface area contributed by atoms with Gasteiger partial charge in [0, 0.05) is 11.9 Å². The summed E-state index contributed by atoms with van der Waals surface area (Å²) in [6.07, 6.45) is 2.63. The summed E-state index contributed by atoms with van der Waals surface area (Å²) < 4.78 is 13.9. The molecule has 130 valence electrons. The van der Waals surface area contributed by atoms with Gasteiger partial charge in [0.2, 0.25) is 5.91 Å². The Hall–Kier alpha value is -2.40. The molecule has 2 aromatic carbocycles. The van der Waals surface area contributed by atoms with Crippen molar-refractivity contribution in [3.05, 3.63) is 77.0 Å². The van der Waals surface area contributed by atoms with Crippen molar-refractivity contribution in [1.82, 2.24) is 4.31 Å². The fourth-order valence-electron chi connectivity index (χ4n) is 2.70. The Bertz CT molecular complexity index is 811. The molecule has 1 N–H and O–H groups in total. The molecular weight excluding hydrogens is 332 g/mol. The third-order valence-electron chi connectivity index (χ3n) is 4.08. The molecule has 0 bridgehead atoms. The Labute approximate surface area is 151 Å². The van der Waals surface area contributed by atoms with E-state index in [1.807, 2.05) is 37.4 Å². The SMILES string of the molecule is Cc1ccc(CC2=CN(CC(=O)Nc3ccc(C)cc3)S(=O)C2)cc1. The molecule has 0 aromatic heterocycles. The van der Waals surface area contributed by atoms with E-state index in [0.717, 1.165) is 23.2 Å². The summed E-state index contributed by atoms with van der Waals surface area (Å²) in [4.78, 5) is 12.2. The zero-order valence-corrected chi connectivity index (χ0v) is 15.3. The number of hydrogen-bond acceptors (Lipinski definition) is 2. The topological polar surface area (TPSA) is 49.4 Å². The smallest absolute Gasteiger partial charge is 0.245 e. The Morgan fingerprint density at radius 2 is 1.64 bits per heavy atom. The number of nitrogens with zero attached hydrogens (tertiary/aromatic N) is 1. The van der Waals surface area contributed by atoms with Gasteiger partial charge in [-0.3, -0.25) is 9.10 Å². The minimum atomic E-state index is -1.17. The summed E-state index contributed by atoms with van der Waals surface area (Å²) in [6.45, 7) is 4.15. The van der Waals surface area contributed by atoms with Crippen LogP contribution in [-0.4, -0.2) is 26.7 Å². The Kier molecular flexibility index (Phi) is 5.34. The van der Waals surface area contributed by atoms with Crippen LogP contribution in [-0.2, 0) is 22.2 Å². The third kappa shape index (κ3) is 4.79. The van der Waals surface area contributed by atoms with E-state index in [4.69, 9.17) is 0 Å². The predicted molar refractivity (Wildman–Crippen MR) is 102 cm³/mol. The number of carbonyl (C=O) groups excluding carboxylic acids is 1. The van der Waals surface area contributed by atoms with Crippen LogP contribution in [0.4, 0.5) is 5.69 Å². The number of benzene rings is 2. The lowest BCUT2D eigenvalue weighted by Crippen LogP contribution is -2.29. The quantitative estimate of drug-likeness (QED) is 0.895. The number of nitrogens with one attached hydrogen (secondary N) is 1. The zero-order valence-electron chi connectivity index (χ0n) is 14.5. The highest BCUT2D eigenvalue weighted by Gasteiger charge is 2.22. The standard InChI is InChI=1S/C20H22N2O2S/c1-15-3-7-17(8-4-15)11-18-12-22(25(24)14-18)13-20(23)21-19-9-5-16(2)6-10-19/h3-10,12H,11,13-14H2,1-2H3,(H,21,23). The monoisotopic (exact) mass is 354 g/mol. The maximum Gasteiger partial charge on any atom is 0.245 e.